The summed E-state index contributed by atoms with van der Waals surface area (Å²) in [6.07, 6.45) is -5.61. The third kappa shape index (κ3) is 5.13. The number of carboxylic acid groups (broad SMARTS) is 1. The highest BCUT2D eigenvalue weighted by Gasteiger charge is 2.31. The summed E-state index contributed by atoms with van der Waals surface area (Å²) in [5.74, 6) is -1.85. The minimum atomic E-state index is -4.79. The number of benzene rings is 1. The van der Waals surface area contributed by atoms with Crippen molar-refractivity contribution in [3.05, 3.63) is 29.8 Å². The lowest BCUT2D eigenvalue weighted by Gasteiger charge is -2.32. The Labute approximate surface area is 129 Å². The van der Waals surface area contributed by atoms with Crippen LogP contribution < -0.4 is 4.74 Å². The maximum Gasteiger partial charge on any atom is 0.573 e. The van der Waals surface area contributed by atoms with Gasteiger partial charge in [-0.1, -0.05) is 0 Å². The molecule has 1 saturated heterocycles. The minimum Gasteiger partial charge on any atom is -0.481 e. The standard InChI is InChI=1S/C14H14F3NO5/c15-14(16,17)23-10-3-1-9(2-4-10)13(21)18-5-6-22-11(8-18)7-12(19)20/h1-4,11H,5-8H2,(H,19,20)/t11-/m1/s1. The highest BCUT2D eigenvalue weighted by atomic mass is 19.4. The highest BCUT2D eigenvalue weighted by molar-refractivity contribution is 5.94. The molecule has 1 aliphatic rings. The number of aliphatic carboxylic acids is 1. The Bertz CT molecular complexity index is 573. The summed E-state index contributed by atoms with van der Waals surface area (Å²) in [5.41, 5.74) is 0.190. The van der Waals surface area contributed by atoms with Gasteiger partial charge in [0.25, 0.3) is 5.91 Å². The SMILES string of the molecule is O=C(O)C[C@@H]1CN(C(=O)c2ccc(OC(F)(F)F)cc2)CCO1. The Morgan fingerprint density at radius 1 is 1.30 bits per heavy atom. The van der Waals surface area contributed by atoms with Crippen molar-refractivity contribution in [1.82, 2.24) is 4.90 Å². The van der Waals surface area contributed by atoms with Crippen LogP contribution in [0.5, 0.6) is 5.75 Å². The number of morpholine rings is 1. The van der Waals surface area contributed by atoms with Gasteiger partial charge in [-0.2, -0.15) is 0 Å². The van der Waals surface area contributed by atoms with Crippen molar-refractivity contribution < 1.29 is 37.3 Å². The molecular weight excluding hydrogens is 319 g/mol. The first-order valence-corrected chi connectivity index (χ1v) is 6.73. The van der Waals surface area contributed by atoms with Gasteiger partial charge < -0.3 is 19.5 Å². The van der Waals surface area contributed by atoms with Gasteiger partial charge >= 0.3 is 12.3 Å². The molecule has 1 aliphatic heterocycles. The third-order valence-electron chi connectivity index (χ3n) is 3.16. The van der Waals surface area contributed by atoms with Gasteiger partial charge in [-0.3, -0.25) is 9.59 Å². The van der Waals surface area contributed by atoms with Crippen LogP contribution in [0.3, 0.4) is 0 Å². The van der Waals surface area contributed by atoms with E-state index in [1.165, 1.54) is 17.0 Å². The van der Waals surface area contributed by atoms with E-state index in [1.807, 2.05) is 0 Å². The summed E-state index contributed by atoms with van der Waals surface area (Å²) < 4.78 is 45.2. The van der Waals surface area contributed by atoms with E-state index >= 15 is 0 Å². The average Bonchev–Trinajstić information content (AvgIpc) is 2.45. The summed E-state index contributed by atoms with van der Waals surface area (Å²) >= 11 is 0. The molecule has 1 atom stereocenters. The van der Waals surface area contributed by atoms with Gasteiger partial charge in [-0.25, -0.2) is 0 Å². The molecule has 0 saturated carbocycles. The molecule has 0 bridgehead atoms. The van der Waals surface area contributed by atoms with Crippen molar-refractivity contribution >= 4 is 11.9 Å². The number of carbonyl (C=O) groups is 2. The zero-order chi connectivity index (χ0) is 17.0. The molecule has 0 aliphatic carbocycles. The van der Waals surface area contributed by atoms with Crippen LogP contribution in [0.15, 0.2) is 24.3 Å². The van der Waals surface area contributed by atoms with E-state index in [0.717, 1.165) is 12.1 Å². The first-order chi connectivity index (χ1) is 10.7. The molecular formula is C14H14F3NO5. The number of ether oxygens (including phenoxy) is 2. The lowest BCUT2D eigenvalue weighted by Crippen LogP contribution is -2.46. The molecule has 0 radical (unpaired) electrons. The van der Waals surface area contributed by atoms with Crippen molar-refractivity contribution in [3.8, 4) is 5.75 Å². The quantitative estimate of drug-likeness (QED) is 0.911. The van der Waals surface area contributed by atoms with Crippen LogP contribution in [0.4, 0.5) is 13.2 Å². The largest absolute Gasteiger partial charge is 0.573 e. The van der Waals surface area contributed by atoms with Crippen LogP contribution in [0, 0.1) is 0 Å². The number of halogens is 3. The monoisotopic (exact) mass is 333 g/mol. The topological polar surface area (TPSA) is 76.1 Å². The van der Waals surface area contributed by atoms with Crippen LogP contribution in [0.25, 0.3) is 0 Å². The van der Waals surface area contributed by atoms with Crippen LogP contribution >= 0.6 is 0 Å². The molecule has 0 aromatic heterocycles. The van der Waals surface area contributed by atoms with E-state index in [1.54, 1.807) is 0 Å². The summed E-state index contributed by atoms with van der Waals surface area (Å²) in [5, 5.41) is 8.74. The number of hydrogen-bond donors (Lipinski definition) is 1. The normalized spacial score (nSPS) is 18.6. The Morgan fingerprint density at radius 2 is 1.96 bits per heavy atom. The van der Waals surface area contributed by atoms with E-state index in [-0.39, 0.29) is 31.7 Å². The maximum absolute atomic E-state index is 12.3. The molecule has 0 unspecified atom stereocenters. The molecule has 1 N–H and O–H groups in total. The molecule has 1 fully saturated rings. The number of nitrogens with zero attached hydrogens (tertiary/aromatic N) is 1. The zero-order valence-corrected chi connectivity index (χ0v) is 11.9. The van der Waals surface area contributed by atoms with Gasteiger partial charge in [0, 0.05) is 18.7 Å². The van der Waals surface area contributed by atoms with Crippen molar-refractivity contribution in [3.63, 3.8) is 0 Å². The van der Waals surface area contributed by atoms with Crippen LogP contribution in [-0.4, -0.2) is 54.0 Å². The van der Waals surface area contributed by atoms with Gasteiger partial charge in [0.2, 0.25) is 0 Å². The van der Waals surface area contributed by atoms with Gasteiger partial charge in [-0.05, 0) is 24.3 Å². The average molecular weight is 333 g/mol. The van der Waals surface area contributed by atoms with Gasteiger partial charge in [0.1, 0.15) is 5.75 Å². The molecule has 0 spiro atoms. The minimum absolute atomic E-state index is 0.117. The van der Waals surface area contributed by atoms with E-state index in [4.69, 9.17) is 9.84 Å². The second-order valence-corrected chi connectivity index (χ2v) is 4.91. The van der Waals surface area contributed by atoms with Crippen molar-refractivity contribution in [2.24, 2.45) is 0 Å². The second kappa shape index (κ2) is 6.86. The number of carboxylic acids is 1. The Balaban J connectivity index is 2.00. The van der Waals surface area contributed by atoms with Gasteiger partial charge in [-0.15, -0.1) is 13.2 Å². The maximum atomic E-state index is 12.3. The lowest BCUT2D eigenvalue weighted by molar-refractivity contribution is -0.274. The van der Waals surface area contributed by atoms with Gasteiger partial charge in [0.15, 0.2) is 0 Å². The summed E-state index contributed by atoms with van der Waals surface area (Å²) in [6, 6.07) is 4.56. The van der Waals surface area contributed by atoms with E-state index < -0.39 is 30.1 Å². The van der Waals surface area contributed by atoms with Crippen molar-refractivity contribution in [1.29, 1.82) is 0 Å². The Morgan fingerprint density at radius 3 is 2.52 bits per heavy atom. The lowest BCUT2D eigenvalue weighted by atomic mass is 10.1. The van der Waals surface area contributed by atoms with Gasteiger partial charge in [0.05, 0.1) is 19.1 Å². The summed E-state index contributed by atoms with van der Waals surface area (Å²) in [4.78, 5) is 24.4. The fraction of sp³-hybridized carbons (Fsp3) is 0.429. The molecule has 2 rings (SSSR count). The molecule has 1 heterocycles. The summed E-state index contributed by atoms with van der Waals surface area (Å²) in [7, 11) is 0. The zero-order valence-electron chi connectivity index (χ0n) is 11.9. The Kier molecular flexibility index (Phi) is 5.09. The number of carbonyl (C=O) groups excluding carboxylic acids is 1. The Hall–Kier alpha value is -2.29. The number of rotatable bonds is 4. The summed E-state index contributed by atoms with van der Waals surface area (Å²) in [6.45, 7) is 0.612. The predicted octanol–water partition coefficient (Wildman–Crippen LogP) is 1.90. The van der Waals surface area contributed by atoms with Crippen molar-refractivity contribution in [2.45, 2.75) is 18.9 Å². The first-order valence-electron chi connectivity index (χ1n) is 6.73. The fourth-order valence-corrected chi connectivity index (χ4v) is 2.20. The van der Waals surface area contributed by atoms with Crippen LogP contribution in [0.2, 0.25) is 0 Å². The molecule has 126 valence electrons. The number of alkyl halides is 3. The third-order valence-corrected chi connectivity index (χ3v) is 3.16. The molecule has 23 heavy (non-hydrogen) atoms. The molecule has 1 aromatic rings. The molecule has 1 aromatic carbocycles. The van der Waals surface area contributed by atoms with Crippen LogP contribution in [-0.2, 0) is 9.53 Å². The highest BCUT2D eigenvalue weighted by Crippen LogP contribution is 2.23. The number of amides is 1. The predicted molar refractivity (Wildman–Crippen MR) is 71.0 cm³/mol. The first kappa shape index (κ1) is 17.1. The molecule has 9 heteroatoms. The molecule has 1 amide bonds. The smallest absolute Gasteiger partial charge is 0.481 e. The van der Waals surface area contributed by atoms with E-state index in [2.05, 4.69) is 4.74 Å². The van der Waals surface area contributed by atoms with Crippen LogP contribution in [0.1, 0.15) is 16.8 Å². The second-order valence-electron chi connectivity index (χ2n) is 4.91. The number of hydrogen-bond acceptors (Lipinski definition) is 4. The fourth-order valence-electron chi connectivity index (χ4n) is 2.20. The van der Waals surface area contributed by atoms with E-state index in [9.17, 15) is 22.8 Å². The molecule has 6 nitrogen and oxygen atoms in total. The van der Waals surface area contributed by atoms with Crippen molar-refractivity contribution in [2.75, 3.05) is 19.7 Å². The van der Waals surface area contributed by atoms with E-state index in [0.29, 0.717) is 0 Å².